The molecule has 522 valence electrons. The summed E-state index contributed by atoms with van der Waals surface area (Å²) in [6, 6.07) is 49.9. The van der Waals surface area contributed by atoms with E-state index >= 15 is 52.7 Å². The Balaban J connectivity index is 0.979. The third kappa shape index (κ3) is 13.7. The lowest BCUT2D eigenvalue weighted by Gasteiger charge is -2.40. The molecule has 12 nitrogen and oxygen atoms in total. The highest BCUT2D eigenvalue weighted by Gasteiger charge is 2.75. The summed E-state index contributed by atoms with van der Waals surface area (Å²) in [5.41, 5.74) is -17.8. The Morgan fingerprint density at radius 2 is 0.627 bits per heavy atom. The van der Waals surface area contributed by atoms with Crippen molar-refractivity contribution in [1.82, 2.24) is 4.90 Å². The van der Waals surface area contributed by atoms with E-state index in [-0.39, 0.29) is 95.3 Å². The summed E-state index contributed by atoms with van der Waals surface area (Å²) < 4.78 is 233. The highest BCUT2D eigenvalue weighted by molar-refractivity contribution is 6.34. The van der Waals surface area contributed by atoms with Crippen LogP contribution < -0.4 is 33.3 Å². The van der Waals surface area contributed by atoms with E-state index in [0.29, 0.717) is 52.4 Å². The minimum Gasteiger partial charge on any atom is -0.489 e. The van der Waals surface area contributed by atoms with Gasteiger partial charge < -0.3 is 28.4 Å². The number of alkyl halides is 12. The molecule has 0 spiro atoms. The van der Waals surface area contributed by atoms with Crippen molar-refractivity contribution in [3.63, 3.8) is 0 Å². The lowest BCUT2D eigenvalue weighted by atomic mass is 9.71. The van der Waals surface area contributed by atoms with Crippen molar-refractivity contribution in [1.29, 1.82) is 0 Å². The highest BCUT2D eigenvalue weighted by atomic mass is 19.4. The zero-order valence-corrected chi connectivity index (χ0v) is 53.7. The van der Waals surface area contributed by atoms with E-state index in [2.05, 4.69) is 0 Å². The number of benzene rings is 10. The lowest BCUT2D eigenvalue weighted by molar-refractivity contribution is -0.290. The minimum atomic E-state index is -6.43. The van der Waals surface area contributed by atoms with Gasteiger partial charge >= 0.3 is 24.7 Å². The van der Waals surface area contributed by atoms with E-state index in [0.717, 1.165) is 30.3 Å². The van der Waals surface area contributed by atoms with Gasteiger partial charge in [0.05, 0.1) is 27.9 Å². The van der Waals surface area contributed by atoms with Crippen molar-refractivity contribution in [3.05, 3.63) is 314 Å². The first-order valence-corrected chi connectivity index (χ1v) is 31.3. The monoisotopic (exact) mass is 1410 g/mol. The van der Waals surface area contributed by atoms with Crippen LogP contribution in [-0.4, -0.2) is 60.3 Å². The molecular weight excluding hydrogens is 1350 g/mol. The number of rotatable bonds is 23. The molecule has 0 saturated carbocycles. The largest absolute Gasteiger partial charge is 0.489 e. The molecule has 0 unspecified atom stereocenters. The van der Waals surface area contributed by atoms with Crippen LogP contribution in [0, 0.1) is 6.92 Å². The second-order valence-electron chi connectivity index (χ2n) is 24.1. The Bertz CT molecular complexity index is 4650. The van der Waals surface area contributed by atoms with Crippen LogP contribution in [-0.2, 0) is 50.5 Å². The first-order chi connectivity index (χ1) is 48.5. The predicted molar refractivity (Wildman–Crippen MR) is 348 cm³/mol. The average molecular weight is 1410 g/mol. The molecule has 10 aromatic carbocycles. The van der Waals surface area contributed by atoms with Crippen molar-refractivity contribution < 1.29 is 100 Å². The molecule has 12 rings (SSSR count). The van der Waals surface area contributed by atoms with Gasteiger partial charge in [-0.2, -0.15) is 52.7 Å². The van der Waals surface area contributed by atoms with Gasteiger partial charge in [0.25, 0.3) is 23.6 Å². The number of anilines is 1. The van der Waals surface area contributed by atoms with Gasteiger partial charge in [0.2, 0.25) is 10.8 Å². The molecule has 10 aromatic rings. The van der Waals surface area contributed by atoms with Crippen LogP contribution in [0.4, 0.5) is 58.4 Å². The van der Waals surface area contributed by atoms with Crippen molar-refractivity contribution in [2.24, 2.45) is 0 Å². The van der Waals surface area contributed by atoms with Crippen molar-refractivity contribution >= 4 is 29.3 Å². The molecule has 0 N–H and O–H groups in total. The summed E-state index contributed by atoms with van der Waals surface area (Å²) in [4.78, 5) is 55.8. The summed E-state index contributed by atoms with van der Waals surface area (Å²) >= 11 is 0. The molecule has 0 radical (unpaired) electrons. The van der Waals surface area contributed by atoms with Gasteiger partial charge in [0, 0.05) is 36.4 Å². The Labute approximate surface area is 574 Å². The molecule has 0 bridgehead atoms. The fraction of sp³-hybridized carbons (Fsp3) is 0.179. The Morgan fingerprint density at radius 1 is 0.304 bits per heavy atom. The van der Waals surface area contributed by atoms with E-state index in [9.17, 15) is 19.2 Å². The fourth-order valence-corrected chi connectivity index (χ4v) is 12.4. The van der Waals surface area contributed by atoms with E-state index in [4.69, 9.17) is 28.4 Å². The molecule has 0 atom stereocenters. The van der Waals surface area contributed by atoms with Crippen LogP contribution in [0.1, 0.15) is 103 Å². The molecule has 2 aliphatic heterocycles. The van der Waals surface area contributed by atoms with Gasteiger partial charge in [-0.1, -0.05) is 152 Å². The molecule has 2 heterocycles. The number of amides is 4. The van der Waals surface area contributed by atoms with E-state index < -0.39 is 134 Å². The summed E-state index contributed by atoms with van der Waals surface area (Å²) in [5.74, 6) is -7.13. The molecule has 0 saturated heterocycles. The Kier molecular flexibility index (Phi) is 19.2. The van der Waals surface area contributed by atoms with Crippen molar-refractivity contribution in [2.75, 3.05) is 11.9 Å². The smallest absolute Gasteiger partial charge is 0.411 e. The lowest BCUT2D eigenvalue weighted by Crippen LogP contribution is -2.55. The Morgan fingerprint density at radius 3 is 1.01 bits per heavy atom. The molecule has 4 amide bonds. The average Bonchev–Trinajstić information content (AvgIpc) is 1.03. The zero-order chi connectivity index (χ0) is 72.5. The van der Waals surface area contributed by atoms with Crippen LogP contribution in [0.3, 0.4) is 0 Å². The molecule has 0 aliphatic carbocycles. The standard InChI is InChI=1S/C78H56F12N2O10/c1-47-23-29-65(67(31-47)101-45-52-32-57(97-41-48-15-7-3-8-16-48)39-58(33-52)98-42-49-17-9-4-10-18-49)74(77(85,86)87,78(88,89)90)66-30-26-56(38-68(66)102-46-53-34-59(99-43-50-19-11-5-12-20-50)40-60(35-53)100-44-51-21-13-6-14-22-51)92-71(95)62-28-25-55(37-64(62)72(92)96)73(75(79,80)81,76(82,83)84)54-24-27-61-63(36-54)70(94)91(2)69(61)93/h3-40H,41-46H2,1-2H3. The summed E-state index contributed by atoms with van der Waals surface area (Å²) in [5, 5.41) is 0. The maximum absolute atomic E-state index is 17.0. The number of aryl methyl sites for hydroxylation is 1. The zero-order valence-electron chi connectivity index (χ0n) is 53.7. The summed E-state index contributed by atoms with van der Waals surface area (Å²) in [6.45, 7) is -0.259. The first kappa shape index (κ1) is 70.3. The number of ether oxygens (including phenoxy) is 6. The van der Waals surface area contributed by atoms with Crippen LogP contribution >= 0.6 is 0 Å². The van der Waals surface area contributed by atoms with E-state index in [1.165, 1.54) is 37.3 Å². The van der Waals surface area contributed by atoms with Crippen molar-refractivity contribution in [2.45, 2.75) is 82.1 Å². The number of nitrogens with zero attached hydrogens (tertiary/aromatic N) is 2. The van der Waals surface area contributed by atoms with E-state index in [1.807, 2.05) is 0 Å². The number of carbonyl (C=O) groups is 4. The molecule has 0 aromatic heterocycles. The van der Waals surface area contributed by atoms with Gasteiger partial charge in [-0.3, -0.25) is 24.1 Å². The SMILES string of the molecule is Cc1ccc(C(c2ccc(N3C(=O)c4ccc(C(c5ccc6c(c5)C(=O)N(C)C6=O)(C(F)(F)F)C(F)(F)F)cc4C3=O)cc2OCc2cc(OCc3ccccc3)cc(OCc3ccccc3)c2)(C(F)(F)F)C(F)(F)F)c(OCc2cc(OCc3ccccc3)cc(OCc3ccccc3)c2)c1. The maximum atomic E-state index is 17.0. The minimum absolute atomic E-state index is 0.00322. The van der Waals surface area contributed by atoms with Gasteiger partial charge in [-0.15, -0.1) is 0 Å². The van der Waals surface area contributed by atoms with Crippen LogP contribution in [0.5, 0.6) is 34.5 Å². The number of carbonyl (C=O) groups excluding carboxylic acids is 4. The number of hydrogen-bond acceptors (Lipinski definition) is 10. The normalized spacial score (nSPS) is 13.5. The second kappa shape index (κ2) is 27.9. The van der Waals surface area contributed by atoms with Crippen molar-refractivity contribution in [3.8, 4) is 34.5 Å². The molecule has 24 heteroatoms. The van der Waals surface area contributed by atoms with Gasteiger partial charge in [0.1, 0.15) is 74.1 Å². The molecular formula is C78H56F12N2O10. The molecule has 2 aliphatic rings. The van der Waals surface area contributed by atoms with Gasteiger partial charge in [-0.25, -0.2) is 4.90 Å². The molecule has 0 fully saturated rings. The number of halogens is 12. The third-order valence-corrected chi connectivity index (χ3v) is 17.4. The number of imide groups is 2. The predicted octanol–water partition coefficient (Wildman–Crippen LogP) is 18.3. The second-order valence-corrected chi connectivity index (χ2v) is 24.1. The van der Waals surface area contributed by atoms with Gasteiger partial charge in [-0.05, 0) is 118 Å². The fourth-order valence-electron chi connectivity index (χ4n) is 12.4. The topological polar surface area (TPSA) is 130 Å². The highest BCUT2D eigenvalue weighted by Crippen LogP contribution is 2.61. The van der Waals surface area contributed by atoms with E-state index in [1.54, 1.807) is 127 Å². The van der Waals surface area contributed by atoms with Gasteiger partial charge in [0.15, 0.2) is 0 Å². The van der Waals surface area contributed by atoms with Crippen LogP contribution in [0.2, 0.25) is 0 Å². The maximum Gasteiger partial charge on any atom is 0.411 e. The quantitative estimate of drug-likeness (QED) is 0.0451. The first-order valence-electron chi connectivity index (χ1n) is 31.3. The molecule has 102 heavy (non-hydrogen) atoms. The Hall–Kier alpha value is -11.6. The number of fused-ring (bicyclic) bond motifs is 2. The number of hydrogen-bond donors (Lipinski definition) is 0. The summed E-state index contributed by atoms with van der Waals surface area (Å²) in [7, 11) is 0.953. The van der Waals surface area contributed by atoms with Crippen LogP contribution in [0.25, 0.3) is 0 Å². The third-order valence-electron chi connectivity index (χ3n) is 17.4. The van der Waals surface area contributed by atoms with Crippen LogP contribution in [0.15, 0.2) is 231 Å². The summed E-state index contributed by atoms with van der Waals surface area (Å²) in [6.07, 6.45) is -25.6.